The van der Waals surface area contributed by atoms with Crippen molar-refractivity contribution < 1.29 is 5.11 Å². The van der Waals surface area contributed by atoms with Crippen molar-refractivity contribution in [1.29, 1.82) is 0 Å². The normalized spacial score (nSPS) is 36.3. The number of rotatable bonds is 0. The van der Waals surface area contributed by atoms with Crippen LogP contribution in [0.4, 0.5) is 0 Å². The van der Waals surface area contributed by atoms with Crippen LogP contribution in [0.1, 0.15) is 13.3 Å². The van der Waals surface area contributed by atoms with Gasteiger partial charge in [-0.25, -0.2) is 5.01 Å². The van der Waals surface area contributed by atoms with Crippen LogP contribution in [0.15, 0.2) is 0 Å². The topological polar surface area (TPSA) is 49.5 Å². The van der Waals surface area contributed by atoms with Gasteiger partial charge in [-0.3, -0.25) is 5.84 Å². The molecule has 0 amide bonds. The van der Waals surface area contributed by atoms with Gasteiger partial charge in [-0.2, -0.15) is 0 Å². The van der Waals surface area contributed by atoms with E-state index in [0.717, 1.165) is 13.0 Å². The Morgan fingerprint density at radius 2 is 2.22 bits per heavy atom. The van der Waals surface area contributed by atoms with E-state index >= 15 is 0 Å². The fraction of sp³-hybridized carbons (Fsp3) is 1.00. The molecule has 56 valence electrons. The van der Waals surface area contributed by atoms with Crippen LogP contribution in [0.5, 0.6) is 0 Å². The summed E-state index contributed by atoms with van der Waals surface area (Å²) in [7, 11) is 0. The Hall–Kier alpha value is 0.170. The van der Waals surface area contributed by atoms with E-state index in [1.807, 2.05) is 6.92 Å². The van der Waals surface area contributed by atoms with Crippen molar-refractivity contribution in [3.8, 4) is 0 Å². The maximum atomic E-state index is 9.07. The molecule has 0 spiro atoms. The molecule has 0 aliphatic carbocycles. The van der Waals surface area contributed by atoms with Crippen LogP contribution in [0.25, 0.3) is 0 Å². The summed E-state index contributed by atoms with van der Waals surface area (Å²) in [5, 5.41) is 10.5. The van der Waals surface area contributed by atoms with Crippen LogP contribution in [-0.2, 0) is 0 Å². The second-order valence-electron chi connectivity index (χ2n) is 2.42. The number of halogens is 1. The third-order valence-electron chi connectivity index (χ3n) is 1.69. The quantitative estimate of drug-likeness (QED) is 0.479. The molecule has 3 N–H and O–H groups in total. The number of nitrogens with two attached hydrogens (primary N) is 1. The van der Waals surface area contributed by atoms with Crippen LogP contribution < -0.4 is 5.84 Å². The first-order valence-corrected chi connectivity index (χ1v) is 2.91. The van der Waals surface area contributed by atoms with E-state index in [-0.39, 0.29) is 12.4 Å². The molecule has 0 aromatic heterocycles. The zero-order valence-electron chi connectivity index (χ0n) is 5.45. The lowest BCUT2D eigenvalue weighted by molar-refractivity contribution is 0.0121. The molecule has 2 unspecified atom stereocenters. The van der Waals surface area contributed by atoms with E-state index in [4.69, 9.17) is 10.9 Å². The summed E-state index contributed by atoms with van der Waals surface area (Å²) in [6.45, 7) is 2.82. The van der Waals surface area contributed by atoms with Crippen LogP contribution in [-0.4, -0.2) is 22.9 Å². The molecule has 3 nitrogen and oxygen atoms in total. The number of hydrogen-bond donors (Lipinski definition) is 2. The average Bonchev–Trinajstić information content (AvgIpc) is 1.98. The first-order valence-electron chi connectivity index (χ1n) is 2.91. The highest BCUT2D eigenvalue weighted by Gasteiger charge is 2.25. The van der Waals surface area contributed by atoms with Crippen LogP contribution in [0.3, 0.4) is 0 Å². The highest BCUT2D eigenvalue weighted by Crippen LogP contribution is 2.17. The highest BCUT2D eigenvalue weighted by atomic mass is 35.5. The van der Waals surface area contributed by atoms with Crippen LogP contribution in [0, 0.1) is 5.92 Å². The maximum absolute atomic E-state index is 9.07. The minimum atomic E-state index is -0.407. The third kappa shape index (κ3) is 1.79. The molecule has 1 heterocycles. The zero-order valence-corrected chi connectivity index (χ0v) is 6.27. The van der Waals surface area contributed by atoms with Gasteiger partial charge in [0.05, 0.1) is 0 Å². The van der Waals surface area contributed by atoms with Gasteiger partial charge in [0, 0.05) is 6.54 Å². The minimum absolute atomic E-state index is 0. The molecule has 4 heteroatoms. The molecule has 0 saturated carbocycles. The lowest BCUT2D eigenvalue weighted by Crippen LogP contribution is -2.37. The Morgan fingerprint density at radius 1 is 1.67 bits per heavy atom. The van der Waals surface area contributed by atoms with Gasteiger partial charge in [-0.1, -0.05) is 6.92 Å². The monoisotopic (exact) mass is 152 g/mol. The summed E-state index contributed by atoms with van der Waals surface area (Å²) in [6, 6.07) is 0. The first-order chi connectivity index (χ1) is 3.72. The largest absolute Gasteiger partial charge is 0.377 e. The van der Waals surface area contributed by atoms with Crippen molar-refractivity contribution in [2.24, 2.45) is 11.8 Å². The van der Waals surface area contributed by atoms with Gasteiger partial charge in [0.1, 0.15) is 6.23 Å². The molecule has 1 saturated heterocycles. The molecule has 0 aromatic rings. The van der Waals surface area contributed by atoms with Gasteiger partial charge >= 0.3 is 0 Å². The summed E-state index contributed by atoms with van der Waals surface area (Å²) in [4.78, 5) is 0. The highest BCUT2D eigenvalue weighted by molar-refractivity contribution is 5.85. The smallest absolute Gasteiger partial charge is 0.122 e. The Morgan fingerprint density at radius 3 is 2.33 bits per heavy atom. The number of nitrogens with zero attached hydrogens (tertiary/aromatic N) is 1. The Kier molecular flexibility index (Phi) is 3.43. The van der Waals surface area contributed by atoms with Gasteiger partial charge in [0.2, 0.25) is 0 Å². The van der Waals surface area contributed by atoms with E-state index in [9.17, 15) is 0 Å². The van der Waals surface area contributed by atoms with Crippen molar-refractivity contribution >= 4 is 12.4 Å². The molecule has 0 aromatic carbocycles. The molecular weight excluding hydrogens is 140 g/mol. The van der Waals surface area contributed by atoms with Gasteiger partial charge in [-0.15, -0.1) is 12.4 Å². The molecule has 1 aliphatic heterocycles. The second kappa shape index (κ2) is 3.37. The summed E-state index contributed by atoms with van der Waals surface area (Å²) < 4.78 is 0. The molecule has 0 radical (unpaired) electrons. The Bertz CT molecular complexity index is 81.0. The zero-order chi connectivity index (χ0) is 6.15. The van der Waals surface area contributed by atoms with Gasteiger partial charge in [0.15, 0.2) is 0 Å². The van der Waals surface area contributed by atoms with Crippen molar-refractivity contribution in [1.82, 2.24) is 5.01 Å². The van der Waals surface area contributed by atoms with E-state index in [0.29, 0.717) is 5.92 Å². The fourth-order valence-corrected chi connectivity index (χ4v) is 0.961. The average molecular weight is 153 g/mol. The predicted molar refractivity (Wildman–Crippen MR) is 37.9 cm³/mol. The van der Waals surface area contributed by atoms with Crippen molar-refractivity contribution in [2.75, 3.05) is 6.54 Å². The summed E-state index contributed by atoms with van der Waals surface area (Å²) >= 11 is 0. The lowest BCUT2D eigenvalue weighted by atomic mass is 10.1. The summed E-state index contributed by atoms with van der Waals surface area (Å²) in [5.74, 6) is 5.70. The van der Waals surface area contributed by atoms with E-state index in [1.54, 1.807) is 0 Å². The number of aliphatic hydroxyl groups is 1. The predicted octanol–water partition coefficient (Wildman–Crippen LogP) is -0.0579. The second-order valence-corrected chi connectivity index (χ2v) is 2.42. The van der Waals surface area contributed by atoms with E-state index < -0.39 is 6.23 Å². The SMILES string of the molecule is CC1CCN(N)C1O.Cl. The summed E-state index contributed by atoms with van der Waals surface area (Å²) in [5.41, 5.74) is 0. The van der Waals surface area contributed by atoms with Crippen molar-refractivity contribution in [2.45, 2.75) is 19.6 Å². The number of hydrogen-bond acceptors (Lipinski definition) is 3. The molecule has 9 heavy (non-hydrogen) atoms. The molecular formula is C5H13ClN2O. The molecule has 1 rings (SSSR count). The summed E-state index contributed by atoms with van der Waals surface area (Å²) in [6.07, 6.45) is 0.604. The fourth-order valence-electron chi connectivity index (χ4n) is 0.961. The van der Waals surface area contributed by atoms with Crippen molar-refractivity contribution in [3.63, 3.8) is 0 Å². The Balaban J connectivity index is 0.000000640. The van der Waals surface area contributed by atoms with Gasteiger partial charge in [0.25, 0.3) is 0 Å². The molecule has 0 bridgehead atoms. The van der Waals surface area contributed by atoms with Crippen molar-refractivity contribution in [3.05, 3.63) is 0 Å². The van der Waals surface area contributed by atoms with Gasteiger partial charge in [-0.05, 0) is 12.3 Å². The third-order valence-corrected chi connectivity index (χ3v) is 1.69. The lowest BCUT2D eigenvalue weighted by Gasteiger charge is -2.14. The van der Waals surface area contributed by atoms with Crippen LogP contribution >= 0.6 is 12.4 Å². The van der Waals surface area contributed by atoms with E-state index in [2.05, 4.69) is 0 Å². The van der Waals surface area contributed by atoms with Crippen LogP contribution in [0.2, 0.25) is 0 Å². The molecule has 1 fully saturated rings. The molecule has 2 atom stereocenters. The Labute approximate surface area is 61.2 Å². The maximum Gasteiger partial charge on any atom is 0.122 e. The first kappa shape index (κ1) is 9.17. The minimum Gasteiger partial charge on any atom is -0.377 e. The molecule has 1 aliphatic rings. The van der Waals surface area contributed by atoms with E-state index in [1.165, 1.54) is 5.01 Å². The van der Waals surface area contributed by atoms with Gasteiger partial charge < -0.3 is 5.11 Å². The number of hydrazine groups is 1. The standard InChI is InChI=1S/C5H12N2O.ClH/c1-4-2-3-7(6)5(4)8;/h4-5,8H,2-3,6H2,1H3;1H. The number of aliphatic hydroxyl groups excluding tert-OH is 1.